The summed E-state index contributed by atoms with van der Waals surface area (Å²) in [5.41, 5.74) is 1.05. The zero-order valence-corrected chi connectivity index (χ0v) is 14.6. The first kappa shape index (κ1) is 17.7. The van der Waals surface area contributed by atoms with Crippen LogP contribution in [0.1, 0.15) is 10.4 Å². The van der Waals surface area contributed by atoms with Gasteiger partial charge in [0.15, 0.2) is 0 Å². The third kappa shape index (κ3) is 5.16. The van der Waals surface area contributed by atoms with Gasteiger partial charge < -0.3 is 10.6 Å². The zero-order chi connectivity index (χ0) is 16.8. The SMILES string of the molecule is CNC(=O)c1cccc(NC(=O)CSc2cc(Cl)ccc2Cl)c1. The summed E-state index contributed by atoms with van der Waals surface area (Å²) in [7, 11) is 1.55. The Labute approximate surface area is 148 Å². The molecule has 0 heterocycles. The molecule has 0 bridgehead atoms. The number of thioether (sulfide) groups is 1. The molecule has 0 atom stereocenters. The Morgan fingerprint density at radius 2 is 1.91 bits per heavy atom. The molecule has 2 aromatic rings. The van der Waals surface area contributed by atoms with Crippen LogP contribution >= 0.6 is 35.0 Å². The minimum atomic E-state index is -0.207. The molecule has 2 N–H and O–H groups in total. The highest BCUT2D eigenvalue weighted by Gasteiger charge is 2.09. The smallest absolute Gasteiger partial charge is 0.251 e. The summed E-state index contributed by atoms with van der Waals surface area (Å²) < 4.78 is 0. The first-order chi connectivity index (χ1) is 11.0. The Bertz CT molecular complexity index is 738. The van der Waals surface area contributed by atoms with Gasteiger partial charge in [-0.3, -0.25) is 9.59 Å². The fourth-order valence-corrected chi connectivity index (χ4v) is 3.10. The van der Waals surface area contributed by atoms with E-state index in [2.05, 4.69) is 10.6 Å². The predicted octanol–water partition coefficient (Wildman–Crippen LogP) is 4.08. The number of hydrogen-bond donors (Lipinski definition) is 2. The quantitative estimate of drug-likeness (QED) is 0.781. The van der Waals surface area contributed by atoms with Crippen molar-refractivity contribution in [3.05, 3.63) is 58.1 Å². The average Bonchev–Trinajstić information content (AvgIpc) is 2.55. The summed E-state index contributed by atoms with van der Waals surface area (Å²) in [4.78, 5) is 24.3. The first-order valence-electron chi connectivity index (χ1n) is 6.69. The lowest BCUT2D eigenvalue weighted by Gasteiger charge is -2.08. The molecule has 0 aliphatic heterocycles. The van der Waals surface area contributed by atoms with Crippen LogP contribution in [0.5, 0.6) is 0 Å². The standard InChI is InChI=1S/C16H14Cl2N2O2S/c1-19-16(22)10-3-2-4-12(7-10)20-15(21)9-23-14-8-11(17)5-6-13(14)18/h2-8H,9H2,1H3,(H,19,22)(H,20,21). The second-order valence-electron chi connectivity index (χ2n) is 4.57. The zero-order valence-electron chi connectivity index (χ0n) is 12.2. The van der Waals surface area contributed by atoms with Gasteiger partial charge in [-0.1, -0.05) is 29.3 Å². The maximum atomic E-state index is 12.0. The average molecular weight is 369 g/mol. The number of hydrogen-bond acceptors (Lipinski definition) is 3. The van der Waals surface area contributed by atoms with Crippen LogP contribution in [0.3, 0.4) is 0 Å². The monoisotopic (exact) mass is 368 g/mol. The van der Waals surface area contributed by atoms with Crippen molar-refractivity contribution in [2.24, 2.45) is 0 Å². The number of amides is 2. The van der Waals surface area contributed by atoms with E-state index in [1.54, 1.807) is 49.5 Å². The number of rotatable bonds is 5. The van der Waals surface area contributed by atoms with Gasteiger partial charge in [-0.2, -0.15) is 0 Å². The highest BCUT2D eigenvalue weighted by molar-refractivity contribution is 8.00. The van der Waals surface area contributed by atoms with Crippen LogP contribution in [0.15, 0.2) is 47.4 Å². The molecular formula is C16H14Cl2N2O2S. The highest BCUT2D eigenvalue weighted by Crippen LogP contribution is 2.29. The Morgan fingerprint density at radius 3 is 2.65 bits per heavy atom. The Kier molecular flexibility index (Phi) is 6.33. The topological polar surface area (TPSA) is 58.2 Å². The summed E-state index contributed by atoms with van der Waals surface area (Å²) in [6.07, 6.45) is 0. The van der Waals surface area contributed by atoms with Crippen molar-refractivity contribution < 1.29 is 9.59 Å². The molecule has 2 aromatic carbocycles. The normalized spacial score (nSPS) is 10.2. The molecule has 0 spiro atoms. The third-order valence-electron chi connectivity index (χ3n) is 2.89. The molecule has 0 aromatic heterocycles. The van der Waals surface area contributed by atoms with Crippen LogP contribution in [0, 0.1) is 0 Å². The summed E-state index contributed by atoms with van der Waals surface area (Å²) in [5.74, 6) is -0.217. The van der Waals surface area contributed by atoms with Gasteiger partial charge in [0, 0.05) is 28.2 Å². The van der Waals surface area contributed by atoms with Crippen LogP contribution in [0.4, 0.5) is 5.69 Å². The van der Waals surface area contributed by atoms with Crippen molar-refractivity contribution in [2.75, 3.05) is 18.1 Å². The Hall–Kier alpha value is -1.69. The Morgan fingerprint density at radius 1 is 1.13 bits per heavy atom. The van der Waals surface area contributed by atoms with Gasteiger partial charge >= 0.3 is 0 Å². The lowest BCUT2D eigenvalue weighted by molar-refractivity contribution is -0.113. The lowest BCUT2D eigenvalue weighted by atomic mass is 10.2. The van der Waals surface area contributed by atoms with Crippen molar-refractivity contribution in [3.63, 3.8) is 0 Å². The van der Waals surface area contributed by atoms with E-state index in [4.69, 9.17) is 23.2 Å². The molecule has 0 fully saturated rings. The Balaban J connectivity index is 1.97. The maximum absolute atomic E-state index is 12.0. The molecule has 2 amide bonds. The lowest BCUT2D eigenvalue weighted by Crippen LogP contribution is -2.19. The van der Waals surface area contributed by atoms with Crippen LogP contribution in [0.25, 0.3) is 0 Å². The van der Waals surface area contributed by atoms with Gasteiger partial charge in [-0.25, -0.2) is 0 Å². The molecule has 0 saturated carbocycles. The molecule has 0 saturated heterocycles. The van der Waals surface area contributed by atoms with Crippen LogP contribution in [-0.2, 0) is 4.79 Å². The van der Waals surface area contributed by atoms with Crippen LogP contribution < -0.4 is 10.6 Å². The van der Waals surface area contributed by atoms with Crippen molar-refractivity contribution in [1.82, 2.24) is 5.32 Å². The minimum absolute atomic E-state index is 0.185. The fourth-order valence-electron chi connectivity index (χ4n) is 1.81. The van der Waals surface area contributed by atoms with E-state index in [0.717, 1.165) is 4.90 Å². The summed E-state index contributed by atoms with van der Waals surface area (Å²) >= 11 is 13.3. The molecule has 23 heavy (non-hydrogen) atoms. The minimum Gasteiger partial charge on any atom is -0.355 e. The second kappa shape index (κ2) is 8.24. The molecule has 0 aliphatic carbocycles. The summed E-state index contributed by atoms with van der Waals surface area (Å²) in [6.45, 7) is 0. The van der Waals surface area contributed by atoms with E-state index in [-0.39, 0.29) is 17.6 Å². The van der Waals surface area contributed by atoms with Crippen molar-refractivity contribution in [1.29, 1.82) is 0 Å². The largest absolute Gasteiger partial charge is 0.355 e. The number of carbonyl (C=O) groups excluding carboxylic acids is 2. The summed E-state index contributed by atoms with van der Waals surface area (Å²) in [5, 5.41) is 6.40. The number of benzene rings is 2. The number of nitrogens with one attached hydrogen (secondary N) is 2. The molecule has 0 aliphatic rings. The number of halogens is 2. The van der Waals surface area contributed by atoms with Gasteiger partial charge in [-0.15, -0.1) is 11.8 Å². The van der Waals surface area contributed by atoms with Gasteiger partial charge in [0.2, 0.25) is 5.91 Å². The van der Waals surface area contributed by atoms with E-state index in [9.17, 15) is 9.59 Å². The molecule has 4 nitrogen and oxygen atoms in total. The summed E-state index contributed by atoms with van der Waals surface area (Å²) in [6, 6.07) is 11.8. The van der Waals surface area contributed by atoms with Crippen LogP contribution in [-0.4, -0.2) is 24.6 Å². The molecule has 2 rings (SSSR count). The van der Waals surface area contributed by atoms with E-state index in [0.29, 0.717) is 21.3 Å². The maximum Gasteiger partial charge on any atom is 0.251 e. The van der Waals surface area contributed by atoms with E-state index in [1.165, 1.54) is 11.8 Å². The van der Waals surface area contributed by atoms with E-state index >= 15 is 0 Å². The van der Waals surface area contributed by atoms with Gasteiger partial charge in [0.05, 0.1) is 10.8 Å². The highest BCUT2D eigenvalue weighted by atomic mass is 35.5. The van der Waals surface area contributed by atoms with Crippen molar-refractivity contribution in [2.45, 2.75) is 4.90 Å². The van der Waals surface area contributed by atoms with Gasteiger partial charge in [0.25, 0.3) is 5.91 Å². The van der Waals surface area contributed by atoms with Crippen LogP contribution in [0.2, 0.25) is 10.0 Å². The number of carbonyl (C=O) groups is 2. The second-order valence-corrected chi connectivity index (χ2v) is 6.43. The fraction of sp³-hybridized carbons (Fsp3) is 0.125. The molecule has 0 radical (unpaired) electrons. The number of anilines is 1. The van der Waals surface area contributed by atoms with Crippen molar-refractivity contribution >= 4 is 52.5 Å². The molecule has 0 unspecified atom stereocenters. The van der Waals surface area contributed by atoms with Gasteiger partial charge in [0.1, 0.15) is 0 Å². The van der Waals surface area contributed by atoms with Gasteiger partial charge in [-0.05, 0) is 36.4 Å². The third-order valence-corrected chi connectivity index (χ3v) is 4.62. The van der Waals surface area contributed by atoms with Crippen molar-refractivity contribution in [3.8, 4) is 0 Å². The molecule has 120 valence electrons. The molecule has 7 heteroatoms. The molecular weight excluding hydrogens is 355 g/mol. The predicted molar refractivity (Wildman–Crippen MR) is 95.6 cm³/mol. The van der Waals surface area contributed by atoms with E-state index in [1.807, 2.05) is 0 Å². The van der Waals surface area contributed by atoms with E-state index < -0.39 is 0 Å². The first-order valence-corrected chi connectivity index (χ1v) is 8.43.